The zero-order valence-corrected chi connectivity index (χ0v) is 11.0. The Kier molecular flexibility index (Phi) is 4.15. The molecule has 92 valence electrons. The molecule has 1 atom stereocenters. The monoisotopic (exact) mass is 298 g/mol. The number of nitrogens with one attached hydrogen (secondary N) is 1. The maximum absolute atomic E-state index is 12.2. The van der Waals surface area contributed by atoms with Crippen LogP contribution < -0.4 is 10.2 Å². The molecule has 0 saturated carbocycles. The van der Waals surface area contributed by atoms with Crippen molar-refractivity contribution in [2.45, 2.75) is 12.5 Å². The number of hydrogen-bond acceptors (Lipinski definition) is 3. The molecule has 4 nitrogen and oxygen atoms in total. The highest BCUT2D eigenvalue weighted by Crippen LogP contribution is 2.22. The summed E-state index contributed by atoms with van der Waals surface area (Å²) in [5.41, 5.74) is 0.897. The Labute approximate surface area is 109 Å². The topological polar surface area (TPSA) is 52.6 Å². The minimum absolute atomic E-state index is 0.0235. The third-order valence-corrected chi connectivity index (χ3v) is 3.32. The fourth-order valence-corrected chi connectivity index (χ4v) is 2.38. The Morgan fingerprint density at radius 2 is 2.35 bits per heavy atom. The number of amides is 1. The Bertz CT molecular complexity index is 409. The molecule has 0 aliphatic carbocycles. The molecule has 0 radical (unpaired) electrons. The summed E-state index contributed by atoms with van der Waals surface area (Å²) in [6.45, 7) is 1.44. The first kappa shape index (κ1) is 12.5. The fourth-order valence-electron chi connectivity index (χ4n) is 1.99. The quantitative estimate of drug-likeness (QED) is 0.880. The van der Waals surface area contributed by atoms with Crippen LogP contribution >= 0.6 is 15.9 Å². The van der Waals surface area contributed by atoms with Crippen LogP contribution in [0.5, 0.6) is 0 Å². The summed E-state index contributed by atoms with van der Waals surface area (Å²) in [5, 5.41) is 12.0. The highest BCUT2D eigenvalue weighted by molar-refractivity contribution is 9.10. The van der Waals surface area contributed by atoms with Gasteiger partial charge >= 0.3 is 0 Å². The van der Waals surface area contributed by atoms with Crippen LogP contribution in [-0.4, -0.2) is 36.8 Å². The number of anilines is 1. The van der Waals surface area contributed by atoms with E-state index < -0.39 is 0 Å². The number of aliphatic hydroxyl groups is 1. The van der Waals surface area contributed by atoms with E-state index in [1.165, 1.54) is 0 Å². The minimum atomic E-state index is -0.271. The third kappa shape index (κ3) is 2.86. The number of benzene rings is 1. The predicted molar refractivity (Wildman–Crippen MR) is 70.0 cm³/mol. The van der Waals surface area contributed by atoms with Crippen molar-refractivity contribution in [3.05, 3.63) is 28.7 Å². The maximum atomic E-state index is 12.2. The summed E-state index contributed by atoms with van der Waals surface area (Å²) in [7, 11) is 0. The van der Waals surface area contributed by atoms with Gasteiger partial charge in [0.25, 0.3) is 0 Å². The molecular formula is C12H15BrN2O2. The van der Waals surface area contributed by atoms with Crippen LogP contribution in [0.25, 0.3) is 0 Å². The van der Waals surface area contributed by atoms with Crippen molar-refractivity contribution in [3.63, 3.8) is 0 Å². The Hall–Kier alpha value is -0.910. The van der Waals surface area contributed by atoms with Gasteiger partial charge in [0.15, 0.2) is 0 Å². The summed E-state index contributed by atoms with van der Waals surface area (Å²) in [6, 6.07) is 7.42. The van der Waals surface area contributed by atoms with Gasteiger partial charge in [-0.05, 0) is 24.6 Å². The van der Waals surface area contributed by atoms with E-state index in [2.05, 4.69) is 21.2 Å². The van der Waals surface area contributed by atoms with Gasteiger partial charge in [0, 0.05) is 29.9 Å². The molecule has 1 amide bonds. The molecule has 1 aromatic carbocycles. The highest BCUT2D eigenvalue weighted by Gasteiger charge is 2.28. The predicted octanol–water partition coefficient (Wildman–Crippen LogP) is 1.14. The Morgan fingerprint density at radius 3 is 3.06 bits per heavy atom. The van der Waals surface area contributed by atoms with Gasteiger partial charge in [-0.2, -0.15) is 0 Å². The number of carbonyl (C=O) groups excluding carboxylic acids is 1. The van der Waals surface area contributed by atoms with Crippen molar-refractivity contribution in [3.8, 4) is 0 Å². The first-order valence-electron chi connectivity index (χ1n) is 5.63. The number of nitrogens with zero attached hydrogens (tertiary/aromatic N) is 1. The van der Waals surface area contributed by atoms with Crippen LogP contribution in [-0.2, 0) is 4.79 Å². The molecule has 0 aromatic heterocycles. The fraction of sp³-hybridized carbons (Fsp3) is 0.417. The van der Waals surface area contributed by atoms with E-state index in [1.54, 1.807) is 4.90 Å². The summed E-state index contributed by atoms with van der Waals surface area (Å²) in [5.74, 6) is 0.0309. The molecule has 0 bridgehead atoms. The molecule has 1 fully saturated rings. The number of carbonyl (C=O) groups is 1. The van der Waals surface area contributed by atoms with Crippen molar-refractivity contribution in [2.75, 3.05) is 24.6 Å². The number of piperazine rings is 1. The molecule has 1 aromatic rings. The van der Waals surface area contributed by atoms with Crippen LogP contribution in [0.3, 0.4) is 0 Å². The van der Waals surface area contributed by atoms with E-state index in [0.717, 1.165) is 16.7 Å². The first-order valence-corrected chi connectivity index (χ1v) is 6.43. The van der Waals surface area contributed by atoms with Crippen molar-refractivity contribution in [1.29, 1.82) is 0 Å². The van der Waals surface area contributed by atoms with Crippen LogP contribution in [0.2, 0.25) is 0 Å². The van der Waals surface area contributed by atoms with Crippen LogP contribution in [0, 0.1) is 0 Å². The lowest BCUT2D eigenvalue weighted by Gasteiger charge is -2.33. The lowest BCUT2D eigenvalue weighted by molar-refractivity contribution is -0.122. The van der Waals surface area contributed by atoms with Gasteiger partial charge in [-0.15, -0.1) is 0 Å². The zero-order chi connectivity index (χ0) is 12.3. The second kappa shape index (κ2) is 5.62. The van der Waals surface area contributed by atoms with E-state index in [0.29, 0.717) is 13.0 Å². The maximum Gasteiger partial charge on any atom is 0.244 e. The van der Waals surface area contributed by atoms with Gasteiger partial charge < -0.3 is 15.3 Å². The molecule has 1 aliphatic heterocycles. The molecule has 5 heteroatoms. The molecule has 2 rings (SSSR count). The van der Waals surface area contributed by atoms with Crippen LogP contribution in [0.1, 0.15) is 6.42 Å². The van der Waals surface area contributed by atoms with Gasteiger partial charge in [0.05, 0.1) is 6.04 Å². The number of hydrogen-bond donors (Lipinski definition) is 2. The van der Waals surface area contributed by atoms with Gasteiger partial charge in [0.2, 0.25) is 5.91 Å². The van der Waals surface area contributed by atoms with E-state index in [1.807, 2.05) is 24.3 Å². The van der Waals surface area contributed by atoms with E-state index >= 15 is 0 Å². The van der Waals surface area contributed by atoms with E-state index in [4.69, 9.17) is 5.11 Å². The highest BCUT2D eigenvalue weighted by atomic mass is 79.9. The van der Waals surface area contributed by atoms with Gasteiger partial charge in [0.1, 0.15) is 0 Å². The molecule has 2 N–H and O–H groups in total. The number of halogens is 1. The number of rotatable bonds is 3. The summed E-state index contributed by atoms with van der Waals surface area (Å²) in [4.78, 5) is 13.9. The van der Waals surface area contributed by atoms with Crippen LogP contribution in [0.15, 0.2) is 28.7 Å². The van der Waals surface area contributed by atoms with Crippen molar-refractivity contribution in [1.82, 2.24) is 5.32 Å². The Balaban J connectivity index is 2.17. The van der Waals surface area contributed by atoms with Gasteiger partial charge in [-0.3, -0.25) is 4.79 Å². The summed E-state index contributed by atoms with van der Waals surface area (Å²) < 4.78 is 0.958. The van der Waals surface area contributed by atoms with Crippen molar-refractivity contribution < 1.29 is 9.90 Å². The van der Waals surface area contributed by atoms with Gasteiger partial charge in [-0.1, -0.05) is 22.0 Å². The first-order chi connectivity index (χ1) is 8.22. The normalized spacial score (nSPS) is 20.7. The number of aliphatic hydroxyl groups excluding tert-OH is 1. The third-order valence-electron chi connectivity index (χ3n) is 2.83. The van der Waals surface area contributed by atoms with Gasteiger partial charge in [-0.25, -0.2) is 0 Å². The van der Waals surface area contributed by atoms with Crippen molar-refractivity contribution >= 4 is 27.5 Å². The molecule has 1 heterocycles. The largest absolute Gasteiger partial charge is 0.396 e. The lowest BCUT2D eigenvalue weighted by atomic mass is 10.1. The summed E-state index contributed by atoms with van der Waals surface area (Å²) >= 11 is 3.40. The van der Waals surface area contributed by atoms with E-state index in [9.17, 15) is 4.79 Å². The molecule has 1 aliphatic rings. The van der Waals surface area contributed by atoms with Crippen LogP contribution in [0.4, 0.5) is 5.69 Å². The lowest BCUT2D eigenvalue weighted by Crippen LogP contribution is -2.55. The van der Waals surface area contributed by atoms with E-state index in [-0.39, 0.29) is 18.6 Å². The Morgan fingerprint density at radius 1 is 1.53 bits per heavy atom. The smallest absolute Gasteiger partial charge is 0.244 e. The zero-order valence-electron chi connectivity index (χ0n) is 9.40. The summed E-state index contributed by atoms with van der Waals surface area (Å²) in [6.07, 6.45) is 0.462. The molecular weight excluding hydrogens is 284 g/mol. The molecule has 17 heavy (non-hydrogen) atoms. The second-order valence-corrected chi connectivity index (χ2v) is 4.90. The second-order valence-electron chi connectivity index (χ2n) is 3.99. The SMILES string of the molecule is O=C1C(CCO)NCCN1c1cccc(Br)c1. The average molecular weight is 299 g/mol. The molecule has 1 unspecified atom stereocenters. The standard InChI is InChI=1S/C12H15BrN2O2/c13-9-2-1-3-10(8-9)15-6-5-14-11(4-7-16)12(15)17/h1-3,8,11,14,16H,4-7H2. The molecule has 0 spiro atoms. The van der Waals surface area contributed by atoms with Crippen molar-refractivity contribution in [2.24, 2.45) is 0 Å². The molecule has 1 saturated heterocycles. The minimum Gasteiger partial charge on any atom is -0.396 e. The average Bonchev–Trinajstić information content (AvgIpc) is 2.32.